The van der Waals surface area contributed by atoms with Gasteiger partial charge in [-0.3, -0.25) is 14.9 Å². The van der Waals surface area contributed by atoms with E-state index in [1.807, 2.05) is 12.1 Å². The molecule has 1 heterocycles. The predicted molar refractivity (Wildman–Crippen MR) is 45.7 cm³/mol. The van der Waals surface area contributed by atoms with Crippen molar-refractivity contribution >= 4 is 19.3 Å². The molecule has 0 radical (unpaired) electrons. The van der Waals surface area contributed by atoms with E-state index in [0.717, 1.165) is 0 Å². The zero-order chi connectivity index (χ0) is 9.24. The highest BCUT2D eigenvalue weighted by Gasteiger charge is 2.38. The summed E-state index contributed by atoms with van der Waals surface area (Å²) >= 11 is 5.66. The van der Waals surface area contributed by atoms with Crippen molar-refractivity contribution in [1.82, 2.24) is 5.20 Å². The molecule has 1 saturated heterocycles. The van der Waals surface area contributed by atoms with Crippen molar-refractivity contribution in [3.05, 3.63) is 0 Å². The Kier molecular flexibility index (Phi) is 3.15. The zero-order valence-electron chi connectivity index (χ0n) is 6.75. The van der Waals surface area contributed by atoms with Gasteiger partial charge in [-0.1, -0.05) is 6.92 Å². The van der Waals surface area contributed by atoms with E-state index in [0.29, 0.717) is 5.88 Å². The van der Waals surface area contributed by atoms with E-state index in [9.17, 15) is 4.57 Å². The largest absolute Gasteiger partial charge is 0.418 e. The SMILES string of the molecule is CC1(CCl)COP(=O)(NN)OC1. The molecular formula is C5H12ClN2O3P. The first-order valence-electron chi connectivity index (χ1n) is 3.47. The predicted octanol–water partition coefficient (Wildman–Crippen LogP) is 0.850. The Morgan fingerprint density at radius 1 is 1.67 bits per heavy atom. The lowest BCUT2D eigenvalue weighted by molar-refractivity contribution is 0.0394. The summed E-state index contributed by atoms with van der Waals surface area (Å²) in [5.41, 5.74) is -0.272. The maximum absolute atomic E-state index is 11.3. The van der Waals surface area contributed by atoms with Crippen LogP contribution in [0.25, 0.3) is 0 Å². The fourth-order valence-corrected chi connectivity index (χ4v) is 2.05. The molecule has 72 valence electrons. The molecule has 0 spiro atoms. The van der Waals surface area contributed by atoms with Gasteiger partial charge < -0.3 is 0 Å². The number of alkyl halides is 1. The van der Waals surface area contributed by atoms with Crippen molar-refractivity contribution in [2.45, 2.75) is 6.92 Å². The van der Waals surface area contributed by atoms with Crippen LogP contribution in [0.1, 0.15) is 6.92 Å². The van der Waals surface area contributed by atoms with Crippen LogP contribution < -0.4 is 11.0 Å². The average Bonchev–Trinajstić information content (AvgIpc) is 2.11. The molecule has 1 aliphatic heterocycles. The molecule has 12 heavy (non-hydrogen) atoms. The summed E-state index contributed by atoms with van der Waals surface area (Å²) in [4.78, 5) is 0. The Morgan fingerprint density at radius 2 is 2.17 bits per heavy atom. The van der Waals surface area contributed by atoms with Gasteiger partial charge >= 0.3 is 7.75 Å². The van der Waals surface area contributed by atoms with Crippen LogP contribution in [-0.4, -0.2) is 19.1 Å². The van der Waals surface area contributed by atoms with E-state index in [4.69, 9.17) is 26.5 Å². The number of hydrazine groups is 1. The Bertz CT molecular complexity index is 201. The fraction of sp³-hybridized carbons (Fsp3) is 1.00. The second-order valence-electron chi connectivity index (χ2n) is 3.12. The molecule has 0 unspecified atom stereocenters. The first-order valence-corrected chi connectivity index (χ1v) is 5.54. The molecule has 0 amide bonds. The van der Waals surface area contributed by atoms with Gasteiger partial charge in [0.1, 0.15) is 0 Å². The number of nitrogens with two attached hydrogens (primary N) is 1. The van der Waals surface area contributed by atoms with E-state index >= 15 is 0 Å². The highest BCUT2D eigenvalue weighted by Crippen LogP contribution is 2.49. The molecule has 1 aliphatic rings. The Labute approximate surface area is 76.1 Å². The monoisotopic (exact) mass is 214 g/mol. The minimum absolute atomic E-state index is 0.272. The molecule has 0 atom stereocenters. The van der Waals surface area contributed by atoms with Crippen LogP contribution in [0.15, 0.2) is 0 Å². The van der Waals surface area contributed by atoms with Crippen molar-refractivity contribution in [3.8, 4) is 0 Å². The van der Waals surface area contributed by atoms with Gasteiger partial charge in [-0.2, -0.15) is 5.20 Å². The van der Waals surface area contributed by atoms with Gasteiger partial charge in [0, 0.05) is 11.3 Å². The quantitative estimate of drug-likeness (QED) is 0.309. The number of hydrogen-bond donors (Lipinski definition) is 2. The van der Waals surface area contributed by atoms with E-state index in [-0.39, 0.29) is 18.6 Å². The van der Waals surface area contributed by atoms with Crippen molar-refractivity contribution in [1.29, 1.82) is 0 Å². The lowest BCUT2D eigenvalue weighted by Gasteiger charge is -2.34. The van der Waals surface area contributed by atoms with Crippen LogP contribution in [0.5, 0.6) is 0 Å². The molecule has 0 aromatic rings. The molecule has 7 heteroatoms. The van der Waals surface area contributed by atoms with Crippen LogP contribution in [-0.2, 0) is 13.6 Å². The molecule has 1 fully saturated rings. The molecule has 1 rings (SSSR count). The molecule has 0 saturated carbocycles. The number of rotatable bonds is 2. The highest BCUT2D eigenvalue weighted by atomic mass is 35.5. The lowest BCUT2D eigenvalue weighted by atomic mass is 9.96. The third-order valence-electron chi connectivity index (χ3n) is 1.65. The third kappa shape index (κ3) is 2.19. The molecule has 0 aromatic heterocycles. The van der Waals surface area contributed by atoms with Crippen molar-refractivity contribution in [2.24, 2.45) is 11.3 Å². The average molecular weight is 215 g/mol. The summed E-state index contributed by atoms with van der Waals surface area (Å²) in [6, 6.07) is 0. The smallest absolute Gasteiger partial charge is 0.295 e. The zero-order valence-corrected chi connectivity index (χ0v) is 8.40. The topological polar surface area (TPSA) is 73.6 Å². The van der Waals surface area contributed by atoms with Crippen LogP contribution in [0, 0.1) is 5.41 Å². The second kappa shape index (κ2) is 3.62. The Morgan fingerprint density at radius 3 is 2.50 bits per heavy atom. The number of halogens is 1. The maximum Gasteiger partial charge on any atom is 0.418 e. The van der Waals surface area contributed by atoms with Crippen LogP contribution in [0.3, 0.4) is 0 Å². The third-order valence-corrected chi connectivity index (χ3v) is 3.55. The summed E-state index contributed by atoms with van der Waals surface area (Å²) in [6.45, 7) is 2.47. The standard InChI is InChI=1S/C5H12ClN2O3P/c1-5(2-6)3-10-12(9,8-7)11-4-5/h2-4,7H2,1H3,(H,8,9). The van der Waals surface area contributed by atoms with Gasteiger partial charge in [0.2, 0.25) is 0 Å². The molecule has 0 aliphatic carbocycles. The molecular weight excluding hydrogens is 202 g/mol. The van der Waals surface area contributed by atoms with E-state index in [1.54, 1.807) is 0 Å². The fourth-order valence-electron chi connectivity index (χ4n) is 0.712. The molecule has 5 nitrogen and oxygen atoms in total. The van der Waals surface area contributed by atoms with E-state index in [1.165, 1.54) is 0 Å². The normalized spacial score (nSPS) is 42.9. The van der Waals surface area contributed by atoms with Crippen LogP contribution in [0.2, 0.25) is 0 Å². The summed E-state index contributed by atoms with van der Waals surface area (Å²) in [5, 5.41) is 2.01. The number of nitrogens with one attached hydrogen (secondary N) is 1. The van der Waals surface area contributed by atoms with Gasteiger partial charge in [0.05, 0.1) is 13.2 Å². The van der Waals surface area contributed by atoms with E-state index < -0.39 is 7.75 Å². The highest BCUT2D eigenvalue weighted by molar-refractivity contribution is 7.51. The van der Waals surface area contributed by atoms with E-state index in [2.05, 4.69) is 0 Å². The first-order chi connectivity index (χ1) is 5.54. The summed E-state index contributed by atoms with van der Waals surface area (Å²) < 4.78 is 21.1. The summed E-state index contributed by atoms with van der Waals surface area (Å²) in [6.07, 6.45) is 0. The minimum atomic E-state index is -3.22. The van der Waals surface area contributed by atoms with Gasteiger partial charge in [0.15, 0.2) is 0 Å². The molecule has 3 N–H and O–H groups in total. The maximum atomic E-state index is 11.3. The van der Waals surface area contributed by atoms with Gasteiger partial charge in [-0.15, -0.1) is 11.6 Å². The Hall–Kier alpha value is 0.360. The lowest BCUT2D eigenvalue weighted by Crippen LogP contribution is -2.38. The van der Waals surface area contributed by atoms with Gasteiger partial charge in [-0.05, 0) is 0 Å². The first kappa shape index (κ1) is 10.4. The van der Waals surface area contributed by atoms with Crippen molar-refractivity contribution < 1.29 is 13.6 Å². The minimum Gasteiger partial charge on any atom is -0.295 e. The van der Waals surface area contributed by atoms with Gasteiger partial charge in [-0.25, -0.2) is 4.57 Å². The van der Waals surface area contributed by atoms with Crippen molar-refractivity contribution in [2.75, 3.05) is 19.1 Å². The molecule has 0 aromatic carbocycles. The number of hydrogen-bond acceptors (Lipinski definition) is 4. The summed E-state index contributed by atoms with van der Waals surface area (Å²) in [7, 11) is -3.22. The molecule has 0 bridgehead atoms. The Balaban J connectivity index is 2.55. The van der Waals surface area contributed by atoms with Crippen LogP contribution in [0.4, 0.5) is 0 Å². The van der Waals surface area contributed by atoms with Crippen LogP contribution >= 0.6 is 19.3 Å². The van der Waals surface area contributed by atoms with Crippen molar-refractivity contribution in [3.63, 3.8) is 0 Å². The second-order valence-corrected chi connectivity index (χ2v) is 5.15. The van der Waals surface area contributed by atoms with Gasteiger partial charge in [0.25, 0.3) is 0 Å². The summed E-state index contributed by atoms with van der Waals surface area (Å²) in [5.74, 6) is 5.37.